The Hall–Kier alpha value is -2.46. The molecule has 0 aromatic heterocycles. The van der Waals surface area contributed by atoms with E-state index in [1.54, 1.807) is 0 Å². The predicted molar refractivity (Wildman–Crippen MR) is 159 cm³/mol. The molecule has 9 heteroatoms. The minimum absolute atomic E-state index is 0.152. The van der Waals surface area contributed by atoms with Crippen molar-refractivity contribution in [1.82, 2.24) is 19.8 Å². The first-order valence-corrected chi connectivity index (χ1v) is 16.1. The number of amides is 2. The van der Waals surface area contributed by atoms with E-state index < -0.39 is 11.3 Å². The first-order chi connectivity index (χ1) is 19.5. The highest BCUT2D eigenvalue weighted by molar-refractivity contribution is 7.77. The number of nitrogens with one attached hydrogen (secondary N) is 2. The summed E-state index contributed by atoms with van der Waals surface area (Å²) in [5.74, 6) is 1.47. The lowest BCUT2D eigenvalue weighted by Crippen LogP contribution is -2.52. The molecule has 2 amide bonds. The maximum absolute atomic E-state index is 13.3. The van der Waals surface area contributed by atoms with Gasteiger partial charge in [0.25, 0.3) is 0 Å². The predicted octanol–water partition coefficient (Wildman–Crippen LogP) is 5.86. The number of hydrogen-bond donors (Lipinski definition) is 2. The number of piperidine rings is 1. The fourth-order valence-corrected chi connectivity index (χ4v) is 6.01. The van der Waals surface area contributed by atoms with E-state index in [9.17, 15) is 13.6 Å². The van der Waals surface area contributed by atoms with Gasteiger partial charge in [-0.2, -0.15) is 0 Å². The molecular weight excluding hydrogens is 524 g/mol. The Kier molecular flexibility index (Phi) is 12.3. The standard InChI is InChI=1S/C31H46N4O4S/c1-2-3-20-35(31(36)33-27-8-6-4-5-7-9-27)28-18-21-34(22-19-28)24-26-12-16-30(17-13-26)39-29-14-10-25(11-15-29)23-32-40(37)38/h10-17,27-28,32H,2-9,18-24H2,1H3,(H,33,36)(H,37,38)/p-1. The molecule has 1 aliphatic heterocycles. The van der Waals surface area contributed by atoms with Crippen LogP contribution in [0, 0.1) is 0 Å². The van der Waals surface area contributed by atoms with Crippen LogP contribution in [0.1, 0.15) is 82.3 Å². The monoisotopic (exact) mass is 569 g/mol. The number of benzene rings is 2. The van der Waals surface area contributed by atoms with E-state index >= 15 is 0 Å². The molecule has 1 unspecified atom stereocenters. The van der Waals surface area contributed by atoms with Crippen LogP contribution >= 0.6 is 0 Å². The summed E-state index contributed by atoms with van der Waals surface area (Å²) in [5.41, 5.74) is 2.11. The van der Waals surface area contributed by atoms with Gasteiger partial charge in [0, 0.05) is 56.1 Å². The molecule has 1 aliphatic carbocycles. The Labute approximate surface area is 242 Å². The van der Waals surface area contributed by atoms with Crippen LogP contribution in [0.15, 0.2) is 48.5 Å². The molecule has 1 heterocycles. The summed E-state index contributed by atoms with van der Waals surface area (Å²) in [6, 6.07) is 16.4. The van der Waals surface area contributed by atoms with E-state index in [0.717, 1.165) is 76.0 Å². The van der Waals surface area contributed by atoms with Crippen molar-refractivity contribution in [3.63, 3.8) is 0 Å². The van der Waals surface area contributed by atoms with E-state index in [4.69, 9.17) is 4.74 Å². The maximum Gasteiger partial charge on any atom is 0.317 e. The lowest BCUT2D eigenvalue weighted by molar-refractivity contribution is 0.114. The van der Waals surface area contributed by atoms with Gasteiger partial charge in [-0.25, -0.2) is 9.52 Å². The zero-order valence-electron chi connectivity index (χ0n) is 23.8. The Morgan fingerprint density at radius 1 is 0.950 bits per heavy atom. The zero-order chi connectivity index (χ0) is 28.2. The topological polar surface area (TPSA) is 97.0 Å². The summed E-state index contributed by atoms with van der Waals surface area (Å²) in [5, 5.41) is 3.39. The molecule has 40 heavy (non-hydrogen) atoms. The lowest BCUT2D eigenvalue weighted by Gasteiger charge is -2.39. The van der Waals surface area contributed by atoms with Crippen molar-refractivity contribution in [1.29, 1.82) is 0 Å². The van der Waals surface area contributed by atoms with Gasteiger partial charge >= 0.3 is 6.03 Å². The smallest absolute Gasteiger partial charge is 0.317 e. The van der Waals surface area contributed by atoms with Gasteiger partial charge in [0.2, 0.25) is 0 Å². The largest absolute Gasteiger partial charge is 0.760 e. The lowest BCUT2D eigenvalue weighted by atomic mass is 10.0. The molecule has 1 saturated carbocycles. The summed E-state index contributed by atoms with van der Waals surface area (Å²) in [7, 11) is 0. The Morgan fingerprint density at radius 3 is 2.12 bits per heavy atom. The van der Waals surface area contributed by atoms with Crippen molar-refractivity contribution in [2.75, 3.05) is 19.6 Å². The highest BCUT2D eigenvalue weighted by atomic mass is 32.2. The summed E-state index contributed by atoms with van der Waals surface area (Å²) >= 11 is -2.27. The van der Waals surface area contributed by atoms with Gasteiger partial charge in [-0.1, -0.05) is 63.3 Å². The molecule has 2 aromatic carbocycles. The summed E-state index contributed by atoms with van der Waals surface area (Å²) in [6.45, 7) is 6.16. The fourth-order valence-electron chi connectivity index (χ4n) is 5.72. The van der Waals surface area contributed by atoms with Gasteiger partial charge in [0.15, 0.2) is 0 Å². The van der Waals surface area contributed by atoms with Crippen LogP contribution in [0.3, 0.4) is 0 Å². The average Bonchev–Trinajstić information content (AvgIpc) is 3.23. The molecule has 2 fully saturated rings. The number of carbonyl (C=O) groups is 1. The number of rotatable bonds is 12. The van der Waals surface area contributed by atoms with Gasteiger partial charge < -0.3 is 19.5 Å². The molecule has 8 nitrogen and oxygen atoms in total. The summed E-state index contributed by atoms with van der Waals surface area (Å²) in [6.07, 6.45) is 11.5. The third kappa shape index (κ3) is 9.87. The SMILES string of the molecule is CCCCN(C(=O)NC1CCCCCC1)C1CCN(Cc2ccc(Oc3ccc(CNS(=O)[O-])cc3)cc2)CC1. The fraction of sp³-hybridized carbons (Fsp3) is 0.581. The van der Waals surface area contributed by atoms with Gasteiger partial charge in [-0.3, -0.25) is 9.11 Å². The van der Waals surface area contributed by atoms with Crippen LogP contribution < -0.4 is 14.8 Å². The second-order valence-electron chi connectivity index (χ2n) is 11.1. The third-order valence-corrected chi connectivity index (χ3v) is 8.46. The first kappa shape index (κ1) is 30.5. The number of likely N-dealkylation sites (tertiary alicyclic amines) is 1. The van der Waals surface area contributed by atoms with E-state index in [0.29, 0.717) is 17.8 Å². The molecule has 2 N–H and O–H groups in total. The second-order valence-corrected chi connectivity index (χ2v) is 11.9. The molecule has 0 radical (unpaired) electrons. The number of nitrogens with zero attached hydrogens (tertiary/aromatic N) is 2. The molecule has 0 spiro atoms. The van der Waals surface area contributed by atoms with Crippen molar-refractivity contribution in [3.8, 4) is 11.5 Å². The molecule has 2 aliphatic rings. The van der Waals surface area contributed by atoms with Crippen molar-refractivity contribution in [2.45, 2.75) is 96.3 Å². The molecular formula is C31H45N4O4S-. The normalized spacial score (nSPS) is 18.1. The maximum atomic E-state index is 13.3. The van der Waals surface area contributed by atoms with E-state index in [2.05, 4.69) is 38.9 Å². The highest BCUT2D eigenvalue weighted by Gasteiger charge is 2.29. The first-order valence-electron chi connectivity index (χ1n) is 15.0. The molecule has 2 aromatic rings. The van der Waals surface area contributed by atoms with Crippen LogP contribution in [0.5, 0.6) is 11.5 Å². The summed E-state index contributed by atoms with van der Waals surface area (Å²) < 4.78 is 29.6. The van der Waals surface area contributed by atoms with Crippen molar-refractivity contribution in [2.24, 2.45) is 0 Å². The third-order valence-electron chi connectivity index (χ3n) is 8.08. The van der Waals surface area contributed by atoms with Crippen molar-refractivity contribution >= 4 is 17.3 Å². The molecule has 4 rings (SSSR count). The van der Waals surface area contributed by atoms with E-state index in [-0.39, 0.29) is 12.6 Å². The van der Waals surface area contributed by atoms with Crippen LogP contribution in [0.4, 0.5) is 4.79 Å². The second kappa shape index (κ2) is 16.1. The van der Waals surface area contributed by atoms with E-state index in [1.807, 2.05) is 36.4 Å². The average molecular weight is 570 g/mol. The number of unbranched alkanes of at least 4 members (excludes halogenated alkanes) is 1. The van der Waals surface area contributed by atoms with Gasteiger partial charge in [0.05, 0.1) is 0 Å². The van der Waals surface area contributed by atoms with Gasteiger partial charge in [-0.15, -0.1) is 0 Å². The summed E-state index contributed by atoms with van der Waals surface area (Å²) in [4.78, 5) is 17.9. The van der Waals surface area contributed by atoms with Crippen LogP contribution in [-0.2, 0) is 24.4 Å². The highest BCUT2D eigenvalue weighted by Crippen LogP contribution is 2.25. The molecule has 1 atom stereocenters. The van der Waals surface area contributed by atoms with Crippen LogP contribution in [-0.4, -0.2) is 56.3 Å². The molecule has 0 bridgehead atoms. The number of ether oxygens (including phenoxy) is 1. The Balaban J connectivity index is 1.24. The molecule has 1 saturated heterocycles. The van der Waals surface area contributed by atoms with Crippen LogP contribution in [0.2, 0.25) is 0 Å². The number of urea groups is 1. The van der Waals surface area contributed by atoms with Crippen molar-refractivity contribution in [3.05, 3.63) is 59.7 Å². The molecule has 220 valence electrons. The van der Waals surface area contributed by atoms with Crippen LogP contribution in [0.25, 0.3) is 0 Å². The Bertz CT molecular complexity index is 1050. The number of hydrogen-bond acceptors (Lipinski definition) is 5. The minimum Gasteiger partial charge on any atom is -0.760 e. The number of carbonyl (C=O) groups excluding carboxylic acids is 1. The van der Waals surface area contributed by atoms with Gasteiger partial charge in [0.1, 0.15) is 11.5 Å². The van der Waals surface area contributed by atoms with Crippen molar-refractivity contribution < 1.29 is 18.3 Å². The van der Waals surface area contributed by atoms with E-state index in [1.165, 1.54) is 31.2 Å². The van der Waals surface area contributed by atoms with Gasteiger partial charge in [-0.05, 0) is 67.5 Å². The zero-order valence-corrected chi connectivity index (χ0v) is 24.6. The Morgan fingerprint density at radius 2 is 1.55 bits per heavy atom. The minimum atomic E-state index is -2.27. The quantitative estimate of drug-likeness (QED) is 0.246.